The Balaban J connectivity index is 1.74. The largest absolute Gasteiger partial charge is 0.349 e. The van der Waals surface area contributed by atoms with Crippen LogP contribution in [0, 0.1) is 5.92 Å². The molecular formula is C15H28N4O2. The smallest absolute Gasteiger partial charge is 0.236 e. The molecule has 0 aromatic rings. The maximum atomic E-state index is 12.3. The van der Waals surface area contributed by atoms with Crippen LogP contribution in [0.15, 0.2) is 0 Å². The molecule has 2 saturated heterocycles. The van der Waals surface area contributed by atoms with Gasteiger partial charge >= 0.3 is 0 Å². The van der Waals surface area contributed by atoms with Gasteiger partial charge < -0.3 is 15.5 Å². The Morgan fingerprint density at radius 2 is 1.62 bits per heavy atom. The Morgan fingerprint density at radius 1 is 1.05 bits per heavy atom. The van der Waals surface area contributed by atoms with Gasteiger partial charge in [0.2, 0.25) is 11.8 Å². The Morgan fingerprint density at radius 3 is 2.14 bits per heavy atom. The van der Waals surface area contributed by atoms with Crippen molar-refractivity contribution in [2.75, 3.05) is 46.8 Å². The van der Waals surface area contributed by atoms with Crippen molar-refractivity contribution in [2.45, 2.75) is 31.7 Å². The predicted octanol–water partition coefficient (Wildman–Crippen LogP) is -0.264. The summed E-state index contributed by atoms with van der Waals surface area (Å²) in [6, 6.07) is 0.296. The number of carbonyl (C=O) groups excluding carboxylic acids is 2. The molecule has 6 heteroatoms. The minimum Gasteiger partial charge on any atom is -0.349 e. The first-order chi connectivity index (χ1) is 9.97. The summed E-state index contributed by atoms with van der Waals surface area (Å²) in [6.45, 7) is 3.75. The lowest BCUT2D eigenvalue weighted by Gasteiger charge is -2.35. The van der Waals surface area contributed by atoms with Crippen molar-refractivity contribution < 1.29 is 9.59 Å². The summed E-state index contributed by atoms with van der Waals surface area (Å²) >= 11 is 0. The summed E-state index contributed by atoms with van der Waals surface area (Å²) in [5.74, 6) is 0.463. The molecule has 0 unspecified atom stereocenters. The number of carbonyl (C=O) groups is 2. The van der Waals surface area contributed by atoms with Crippen LogP contribution >= 0.6 is 0 Å². The highest BCUT2D eigenvalue weighted by molar-refractivity contribution is 5.80. The summed E-state index contributed by atoms with van der Waals surface area (Å²) in [5, 5.41) is 0. The van der Waals surface area contributed by atoms with Gasteiger partial charge in [-0.25, -0.2) is 0 Å². The molecule has 0 aromatic carbocycles. The molecule has 2 heterocycles. The highest BCUT2D eigenvalue weighted by Crippen LogP contribution is 2.19. The van der Waals surface area contributed by atoms with E-state index in [2.05, 4.69) is 4.90 Å². The van der Waals surface area contributed by atoms with E-state index in [0.29, 0.717) is 25.7 Å². The molecule has 0 bridgehead atoms. The molecule has 0 radical (unpaired) electrons. The fraction of sp³-hybridized carbons (Fsp3) is 0.867. The third-order valence-corrected chi connectivity index (χ3v) is 4.63. The van der Waals surface area contributed by atoms with E-state index in [9.17, 15) is 9.59 Å². The van der Waals surface area contributed by atoms with E-state index >= 15 is 0 Å². The lowest BCUT2D eigenvalue weighted by Crippen LogP contribution is -2.48. The maximum Gasteiger partial charge on any atom is 0.236 e. The monoisotopic (exact) mass is 296 g/mol. The third kappa shape index (κ3) is 4.41. The van der Waals surface area contributed by atoms with E-state index in [-0.39, 0.29) is 17.7 Å². The molecule has 2 rings (SSSR count). The van der Waals surface area contributed by atoms with E-state index in [4.69, 9.17) is 5.73 Å². The zero-order valence-corrected chi connectivity index (χ0v) is 13.3. The molecule has 6 nitrogen and oxygen atoms in total. The van der Waals surface area contributed by atoms with Crippen LogP contribution in [0.3, 0.4) is 0 Å². The molecule has 2 amide bonds. The molecule has 0 aromatic heterocycles. The molecule has 2 fully saturated rings. The third-order valence-electron chi connectivity index (χ3n) is 4.63. The number of hydrogen-bond donors (Lipinski definition) is 1. The first-order valence-electron chi connectivity index (χ1n) is 7.94. The van der Waals surface area contributed by atoms with E-state index in [1.54, 1.807) is 19.0 Å². The highest BCUT2D eigenvalue weighted by atomic mass is 16.2. The van der Waals surface area contributed by atoms with Crippen LogP contribution in [0.5, 0.6) is 0 Å². The maximum absolute atomic E-state index is 12.3. The van der Waals surface area contributed by atoms with Crippen molar-refractivity contribution in [2.24, 2.45) is 11.7 Å². The van der Waals surface area contributed by atoms with Gasteiger partial charge in [0.15, 0.2) is 0 Å². The Kier molecular flexibility index (Phi) is 5.58. The summed E-state index contributed by atoms with van der Waals surface area (Å²) in [6.07, 6.45) is 3.53. The van der Waals surface area contributed by atoms with Crippen molar-refractivity contribution in [1.29, 1.82) is 0 Å². The summed E-state index contributed by atoms with van der Waals surface area (Å²) < 4.78 is 0. The number of piperidine rings is 2. The molecule has 2 aliphatic rings. The number of likely N-dealkylation sites (tertiary alicyclic amines) is 2. The fourth-order valence-corrected chi connectivity index (χ4v) is 3.14. The molecule has 21 heavy (non-hydrogen) atoms. The zero-order valence-electron chi connectivity index (χ0n) is 13.3. The van der Waals surface area contributed by atoms with Crippen LogP contribution in [0.25, 0.3) is 0 Å². The molecule has 0 spiro atoms. The molecule has 0 atom stereocenters. The molecule has 2 aliphatic heterocycles. The van der Waals surface area contributed by atoms with Crippen LogP contribution in [0.2, 0.25) is 0 Å². The molecule has 120 valence electrons. The number of rotatable bonds is 3. The SMILES string of the molecule is CN(C)C(=O)C1CCN(C(=O)CN2CCC(N)CC2)CC1. The standard InChI is InChI=1S/C15H28N4O2/c1-17(2)15(21)12-3-9-19(10-4-12)14(20)11-18-7-5-13(16)6-8-18/h12-13H,3-11,16H2,1-2H3. The van der Waals surface area contributed by atoms with Gasteiger partial charge in [-0.15, -0.1) is 0 Å². The minimum atomic E-state index is 0.0806. The fourth-order valence-electron chi connectivity index (χ4n) is 3.14. The van der Waals surface area contributed by atoms with E-state index < -0.39 is 0 Å². The molecular weight excluding hydrogens is 268 g/mol. The quantitative estimate of drug-likeness (QED) is 0.779. The molecule has 0 saturated carbocycles. The minimum absolute atomic E-state index is 0.0806. The van der Waals surface area contributed by atoms with Gasteiger partial charge in [0, 0.05) is 52.2 Å². The second-order valence-electron chi connectivity index (χ2n) is 6.50. The molecule has 0 aliphatic carbocycles. The van der Waals surface area contributed by atoms with Gasteiger partial charge in [0.25, 0.3) is 0 Å². The van der Waals surface area contributed by atoms with Gasteiger partial charge in [-0.3, -0.25) is 14.5 Å². The Hall–Kier alpha value is -1.14. The van der Waals surface area contributed by atoms with Gasteiger partial charge in [0.05, 0.1) is 6.54 Å². The Bertz CT molecular complexity index is 370. The lowest BCUT2D eigenvalue weighted by atomic mass is 9.95. The van der Waals surface area contributed by atoms with Crippen molar-refractivity contribution in [1.82, 2.24) is 14.7 Å². The normalized spacial score (nSPS) is 22.3. The summed E-state index contributed by atoms with van der Waals surface area (Å²) in [7, 11) is 3.59. The van der Waals surface area contributed by atoms with Gasteiger partial charge in [-0.1, -0.05) is 0 Å². The van der Waals surface area contributed by atoms with Gasteiger partial charge in [-0.2, -0.15) is 0 Å². The number of nitrogens with two attached hydrogens (primary N) is 1. The van der Waals surface area contributed by atoms with Crippen molar-refractivity contribution in [3.63, 3.8) is 0 Å². The van der Waals surface area contributed by atoms with E-state index in [1.165, 1.54) is 0 Å². The van der Waals surface area contributed by atoms with Crippen LogP contribution in [-0.4, -0.2) is 79.4 Å². The topological polar surface area (TPSA) is 69.9 Å². The lowest BCUT2D eigenvalue weighted by molar-refractivity contribution is -0.139. The number of hydrogen-bond acceptors (Lipinski definition) is 4. The number of amides is 2. The first-order valence-corrected chi connectivity index (χ1v) is 7.94. The van der Waals surface area contributed by atoms with Crippen LogP contribution in [0.4, 0.5) is 0 Å². The average Bonchev–Trinajstić information content (AvgIpc) is 2.49. The Labute approximate surface area is 127 Å². The molecule has 2 N–H and O–H groups in total. The van der Waals surface area contributed by atoms with Crippen LogP contribution in [-0.2, 0) is 9.59 Å². The van der Waals surface area contributed by atoms with Gasteiger partial charge in [-0.05, 0) is 25.7 Å². The highest BCUT2D eigenvalue weighted by Gasteiger charge is 2.29. The second-order valence-corrected chi connectivity index (χ2v) is 6.50. The van der Waals surface area contributed by atoms with E-state index in [1.807, 2.05) is 4.90 Å². The van der Waals surface area contributed by atoms with Crippen molar-refractivity contribution >= 4 is 11.8 Å². The van der Waals surface area contributed by atoms with Crippen LogP contribution in [0.1, 0.15) is 25.7 Å². The first kappa shape index (κ1) is 16.2. The van der Waals surface area contributed by atoms with Crippen LogP contribution < -0.4 is 5.73 Å². The summed E-state index contributed by atoms with van der Waals surface area (Å²) in [4.78, 5) is 30.0. The van der Waals surface area contributed by atoms with Crippen molar-refractivity contribution in [3.05, 3.63) is 0 Å². The zero-order chi connectivity index (χ0) is 15.4. The van der Waals surface area contributed by atoms with Gasteiger partial charge in [0.1, 0.15) is 0 Å². The average molecular weight is 296 g/mol. The second kappa shape index (κ2) is 7.22. The van der Waals surface area contributed by atoms with Crippen molar-refractivity contribution in [3.8, 4) is 0 Å². The number of nitrogens with zero attached hydrogens (tertiary/aromatic N) is 3. The van der Waals surface area contributed by atoms with E-state index in [0.717, 1.165) is 38.8 Å². The summed E-state index contributed by atoms with van der Waals surface area (Å²) in [5.41, 5.74) is 5.88. The predicted molar refractivity (Wildman–Crippen MR) is 81.6 cm³/mol.